The number of Topliss-reactive ketones (excluding diaryl/α,β-unsaturated/α-hetero) is 1. The van der Waals surface area contributed by atoms with Crippen molar-refractivity contribution in [3.8, 4) is 23.1 Å². The van der Waals surface area contributed by atoms with Crippen molar-refractivity contribution in [2.75, 3.05) is 5.32 Å². The van der Waals surface area contributed by atoms with Crippen LogP contribution in [-0.4, -0.2) is 40.7 Å². The molecule has 0 fully saturated rings. The number of carbonyl (C=O) groups excluding carboxylic acids is 1. The number of H-pyrrole nitrogens is 1. The van der Waals surface area contributed by atoms with Crippen LogP contribution in [0.3, 0.4) is 0 Å². The van der Waals surface area contributed by atoms with Gasteiger partial charge in [0.05, 0.1) is 33.7 Å². The van der Waals surface area contributed by atoms with Crippen molar-refractivity contribution in [3.05, 3.63) is 71.2 Å². The summed E-state index contributed by atoms with van der Waals surface area (Å²) in [6.45, 7) is 4.99. The Morgan fingerprint density at radius 3 is 2.71 bits per heavy atom. The number of nitrogens with zero attached hydrogens (tertiary/aromatic N) is 7. The van der Waals surface area contributed by atoms with Gasteiger partial charge >= 0.3 is 0 Å². The van der Waals surface area contributed by atoms with Crippen LogP contribution >= 0.6 is 0 Å². The number of aryl methyl sites for hydroxylation is 2. The summed E-state index contributed by atoms with van der Waals surface area (Å²) in [5, 5.41) is 27.1. The van der Waals surface area contributed by atoms with Crippen LogP contribution in [0.2, 0.25) is 0 Å². The molecule has 0 atom stereocenters. The lowest BCUT2D eigenvalue weighted by Crippen LogP contribution is -2.05. The van der Waals surface area contributed by atoms with E-state index < -0.39 is 5.82 Å². The van der Waals surface area contributed by atoms with Gasteiger partial charge in [0.15, 0.2) is 17.3 Å². The first-order chi connectivity index (χ1) is 16.9. The first kappa shape index (κ1) is 21.8. The van der Waals surface area contributed by atoms with E-state index in [9.17, 15) is 10.1 Å². The summed E-state index contributed by atoms with van der Waals surface area (Å²) < 4.78 is 16.6. The second-order valence-corrected chi connectivity index (χ2v) is 7.93. The molecule has 0 saturated carbocycles. The van der Waals surface area contributed by atoms with E-state index in [1.165, 1.54) is 19.3 Å². The van der Waals surface area contributed by atoms with Gasteiger partial charge in [0.1, 0.15) is 24.0 Å². The van der Waals surface area contributed by atoms with E-state index in [1.807, 2.05) is 13.0 Å². The number of hydrogen-bond donors (Lipinski definition) is 2. The Hall–Kier alpha value is -4.98. The van der Waals surface area contributed by atoms with Gasteiger partial charge in [-0.05, 0) is 51.1 Å². The maximum atomic E-state index is 15.0. The van der Waals surface area contributed by atoms with Crippen molar-refractivity contribution >= 4 is 28.3 Å². The quantitative estimate of drug-likeness (QED) is 0.367. The van der Waals surface area contributed by atoms with Crippen molar-refractivity contribution in [2.24, 2.45) is 0 Å². The highest BCUT2D eigenvalue weighted by atomic mass is 19.1. The van der Waals surface area contributed by atoms with E-state index in [2.05, 4.69) is 35.7 Å². The van der Waals surface area contributed by atoms with Gasteiger partial charge < -0.3 is 5.32 Å². The zero-order chi connectivity index (χ0) is 24.7. The molecule has 0 unspecified atom stereocenters. The van der Waals surface area contributed by atoms with Crippen LogP contribution in [0.1, 0.15) is 34.4 Å². The molecule has 0 aliphatic carbocycles. The molecule has 172 valence electrons. The standard InChI is InChI=1S/C24H18FN9O/c1-12-4-6-21(33-30-12)28-17-9-18-20(8-16(17)25)34(11-27-18)22-7-5-15(14(3)35)24(29-22)23-13(2)31-32-19(23)10-26/h4-9,11H,1-3H3,(H,28,33)(H,31,32). The molecule has 0 spiro atoms. The number of carbonyl (C=O) groups is 1. The number of halogens is 1. The Morgan fingerprint density at radius 1 is 1.17 bits per heavy atom. The number of hydrogen-bond acceptors (Lipinski definition) is 8. The van der Waals surface area contributed by atoms with Crippen LogP contribution in [0, 0.1) is 31.0 Å². The van der Waals surface area contributed by atoms with E-state index in [1.54, 1.807) is 41.8 Å². The summed E-state index contributed by atoms with van der Waals surface area (Å²) in [4.78, 5) is 21.4. The molecule has 2 N–H and O–H groups in total. The first-order valence-corrected chi connectivity index (χ1v) is 10.6. The Balaban J connectivity index is 1.61. The fraction of sp³-hybridized carbons (Fsp3) is 0.125. The number of nitriles is 1. The van der Waals surface area contributed by atoms with Gasteiger partial charge in [-0.2, -0.15) is 15.5 Å². The van der Waals surface area contributed by atoms with Gasteiger partial charge in [-0.1, -0.05) is 0 Å². The van der Waals surface area contributed by atoms with Crippen molar-refractivity contribution < 1.29 is 9.18 Å². The number of imidazole rings is 1. The van der Waals surface area contributed by atoms with E-state index in [0.29, 0.717) is 45.2 Å². The Morgan fingerprint density at radius 2 is 2.00 bits per heavy atom. The zero-order valence-electron chi connectivity index (χ0n) is 19.0. The molecule has 5 rings (SSSR count). The maximum Gasteiger partial charge on any atom is 0.171 e. The number of ketones is 1. The summed E-state index contributed by atoms with van der Waals surface area (Å²) in [6, 6.07) is 11.7. The highest BCUT2D eigenvalue weighted by molar-refractivity contribution is 6.00. The van der Waals surface area contributed by atoms with Crippen LogP contribution < -0.4 is 5.32 Å². The average molecular weight is 467 g/mol. The lowest BCUT2D eigenvalue weighted by atomic mass is 10.0. The van der Waals surface area contributed by atoms with Crippen molar-refractivity contribution in [3.63, 3.8) is 0 Å². The van der Waals surface area contributed by atoms with Crippen molar-refractivity contribution in [1.29, 1.82) is 5.26 Å². The Bertz CT molecular complexity index is 1640. The molecule has 0 radical (unpaired) electrons. The molecule has 1 aromatic carbocycles. The van der Waals surface area contributed by atoms with Gasteiger partial charge in [0, 0.05) is 17.3 Å². The zero-order valence-corrected chi connectivity index (χ0v) is 19.0. The Labute approximate surface area is 198 Å². The topological polar surface area (TPSA) is 138 Å². The van der Waals surface area contributed by atoms with Gasteiger partial charge in [0.25, 0.3) is 0 Å². The number of nitrogens with one attached hydrogen (secondary N) is 2. The summed E-state index contributed by atoms with van der Waals surface area (Å²) in [5.74, 6) is 0.0873. The Kier molecular flexibility index (Phi) is 5.25. The second kappa shape index (κ2) is 8.42. The predicted molar refractivity (Wildman–Crippen MR) is 126 cm³/mol. The third-order valence-electron chi connectivity index (χ3n) is 5.49. The summed E-state index contributed by atoms with van der Waals surface area (Å²) in [7, 11) is 0. The molecule has 10 nitrogen and oxygen atoms in total. The first-order valence-electron chi connectivity index (χ1n) is 10.6. The highest BCUT2D eigenvalue weighted by Crippen LogP contribution is 2.30. The van der Waals surface area contributed by atoms with E-state index in [0.717, 1.165) is 5.69 Å². The molecule has 0 bridgehead atoms. The molecular formula is C24H18FN9O. The normalized spacial score (nSPS) is 10.9. The lowest BCUT2D eigenvalue weighted by Gasteiger charge is -2.11. The van der Waals surface area contributed by atoms with Crippen molar-refractivity contribution in [2.45, 2.75) is 20.8 Å². The van der Waals surface area contributed by atoms with Crippen LogP contribution in [-0.2, 0) is 0 Å². The van der Waals surface area contributed by atoms with Gasteiger partial charge in [-0.3, -0.25) is 14.5 Å². The smallest absolute Gasteiger partial charge is 0.171 e. The van der Waals surface area contributed by atoms with Crippen LogP contribution in [0.25, 0.3) is 28.1 Å². The lowest BCUT2D eigenvalue weighted by molar-refractivity contribution is 0.101. The molecule has 0 aliphatic heterocycles. The summed E-state index contributed by atoms with van der Waals surface area (Å²) in [6.07, 6.45) is 1.52. The van der Waals surface area contributed by atoms with Crippen LogP contribution in [0.5, 0.6) is 0 Å². The number of fused-ring (bicyclic) bond motifs is 1. The predicted octanol–water partition coefficient (Wildman–Crippen LogP) is 4.17. The fourth-order valence-corrected chi connectivity index (χ4v) is 3.77. The molecule has 0 amide bonds. The molecular weight excluding hydrogens is 449 g/mol. The van der Waals surface area contributed by atoms with Gasteiger partial charge in [-0.15, -0.1) is 5.10 Å². The number of anilines is 2. The molecule has 5 aromatic rings. The van der Waals surface area contributed by atoms with E-state index >= 15 is 4.39 Å². The number of aromatic nitrogens is 7. The number of pyridine rings is 1. The molecule has 0 aliphatic rings. The van der Waals surface area contributed by atoms with Gasteiger partial charge in [0.2, 0.25) is 0 Å². The minimum Gasteiger partial charge on any atom is -0.336 e. The monoisotopic (exact) mass is 467 g/mol. The maximum absolute atomic E-state index is 15.0. The van der Waals surface area contributed by atoms with Gasteiger partial charge in [-0.25, -0.2) is 14.4 Å². The average Bonchev–Trinajstić information content (AvgIpc) is 3.42. The second-order valence-electron chi connectivity index (χ2n) is 7.93. The molecule has 11 heteroatoms. The molecule has 35 heavy (non-hydrogen) atoms. The fourth-order valence-electron chi connectivity index (χ4n) is 3.77. The SMILES string of the molecule is CC(=O)c1ccc(-n2cnc3cc(Nc4ccc(C)nn4)c(F)cc32)nc1-c1c(C#N)n[nH]c1C. The summed E-state index contributed by atoms with van der Waals surface area (Å²) in [5.41, 5.74) is 3.78. The van der Waals surface area contributed by atoms with Crippen LogP contribution in [0.4, 0.5) is 15.9 Å². The largest absolute Gasteiger partial charge is 0.336 e. The highest BCUT2D eigenvalue weighted by Gasteiger charge is 2.21. The van der Waals surface area contributed by atoms with Crippen molar-refractivity contribution in [1.82, 2.24) is 34.9 Å². The van der Waals surface area contributed by atoms with Crippen LogP contribution in [0.15, 0.2) is 42.7 Å². The molecule has 0 saturated heterocycles. The minimum absolute atomic E-state index is 0.131. The number of rotatable bonds is 5. The third kappa shape index (κ3) is 3.87. The summed E-state index contributed by atoms with van der Waals surface area (Å²) >= 11 is 0. The molecule has 4 aromatic heterocycles. The van der Waals surface area contributed by atoms with E-state index in [-0.39, 0.29) is 17.2 Å². The number of benzene rings is 1. The number of aromatic amines is 1. The molecule has 4 heterocycles. The van der Waals surface area contributed by atoms with E-state index in [4.69, 9.17) is 0 Å². The minimum atomic E-state index is -0.514. The third-order valence-corrected chi connectivity index (χ3v) is 5.49.